The Hall–Kier alpha value is -0.610. The van der Waals surface area contributed by atoms with Gasteiger partial charge in [0.25, 0.3) is 0 Å². The predicted molar refractivity (Wildman–Crippen MR) is 64.2 cm³/mol. The van der Waals surface area contributed by atoms with E-state index < -0.39 is 0 Å². The van der Waals surface area contributed by atoms with Crippen molar-refractivity contribution in [1.29, 1.82) is 0 Å². The third-order valence-electron chi connectivity index (χ3n) is 2.38. The smallest absolute Gasteiger partial charge is 0.246 e. The van der Waals surface area contributed by atoms with Gasteiger partial charge in [-0.25, -0.2) is 0 Å². The number of aliphatic hydroxyl groups is 1. The van der Waals surface area contributed by atoms with Gasteiger partial charge in [0.2, 0.25) is 5.91 Å². The number of rotatable bonds is 7. The van der Waals surface area contributed by atoms with Crippen LogP contribution in [0.3, 0.4) is 0 Å². The lowest BCUT2D eigenvalue weighted by Crippen LogP contribution is -2.45. The molecule has 0 bridgehead atoms. The van der Waals surface area contributed by atoms with Crippen LogP contribution in [0.5, 0.6) is 0 Å². The van der Waals surface area contributed by atoms with E-state index in [9.17, 15) is 4.79 Å². The number of nitrogens with one attached hydrogen (secondary N) is 1. The predicted octanol–water partition coefficient (Wildman–Crippen LogP) is 1.33. The summed E-state index contributed by atoms with van der Waals surface area (Å²) in [4.78, 5) is 11.5. The lowest BCUT2D eigenvalue weighted by Gasteiger charge is -2.31. The van der Waals surface area contributed by atoms with Crippen LogP contribution in [0.25, 0.3) is 0 Å². The molecule has 4 heteroatoms. The molecule has 0 aromatic carbocycles. The van der Waals surface area contributed by atoms with Crippen LogP contribution >= 0.6 is 0 Å². The molecule has 0 aliphatic heterocycles. The molecule has 1 atom stereocenters. The molecule has 0 saturated carbocycles. The van der Waals surface area contributed by atoms with E-state index in [1.807, 2.05) is 27.7 Å². The van der Waals surface area contributed by atoms with Crippen LogP contribution < -0.4 is 5.32 Å². The van der Waals surface area contributed by atoms with Gasteiger partial charge in [0.15, 0.2) is 0 Å². The number of hydrogen-bond donors (Lipinski definition) is 2. The second-order valence-corrected chi connectivity index (χ2v) is 5.05. The minimum absolute atomic E-state index is 0.0183. The van der Waals surface area contributed by atoms with Crippen molar-refractivity contribution in [3.8, 4) is 0 Å². The van der Waals surface area contributed by atoms with Crippen molar-refractivity contribution in [2.75, 3.05) is 19.8 Å². The van der Waals surface area contributed by atoms with Gasteiger partial charge in [0, 0.05) is 19.3 Å². The van der Waals surface area contributed by atoms with Gasteiger partial charge in [-0.2, -0.15) is 0 Å². The largest absolute Gasteiger partial charge is 0.396 e. The van der Waals surface area contributed by atoms with E-state index in [0.29, 0.717) is 13.0 Å². The van der Waals surface area contributed by atoms with Crippen molar-refractivity contribution in [1.82, 2.24) is 5.32 Å². The van der Waals surface area contributed by atoms with Crippen LogP contribution in [0.4, 0.5) is 0 Å². The van der Waals surface area contributed by atoms with Gasteiger partial charge in [0.1, 0.15) is 6.61 Å². The summed E-state index contributed by atoms with van der Waals surface area (Å²) in [5.41, 5.74) is -0.0524. The number of carbonyl (C=O) groups excluding carboxylic acids is 1. The Labute approximate surface area is 98.4 Å². The zero-order valence-electron chi connectivity index (χ0n) is 10.9. The van der Waals surface area contributed by atoms with E-state index in [2.05, 4.69) is 5.32 Å². The van der Waals surface area contributed by atoms with E-state index in [1.165, 1.54) is 0 Å². The maximum atomic E-state index is 11.5. The Morgan fingerprint density at radius 3 is 2.50 bits per heavy atom. The molecule has 0 aromatic heterocycles. The summed E-state index contributed by atoms with van der Waals surface area (Å²) in [7, 11) is 0. The third-order valence-corrected chi connectivity index (χ3v) is 2.38. The Bertz CT molecular complexity index is 199. The van der Waals surface area contributed by atoms with Crippen molar-refractivity contribution >= 4 is 5.91 Å². The summed E-state index contributed by atoms with van der Waals surface area (Å²) in [6.07, 6.45) is 1.48. The first-order chi connectivity index (χ1) is 7.41. The van der Waals surface area contributed by atoms with Crippen LogP contribution in [0, 0.1) is 5.41 Å². The number of ether oxygens (including phenoxy) is 1. The fraction of sp³-hybridized carbons (Fsp3) is 0.917. The Kier molecular flexibility index (Phi) is 7.34. The van der Waals surface area contributed by atoms with Crippen LogP contribution in [0.1, 0.15) is 40.5 Å². The zero-order chi connectivity index (χ0) is 12.6. The fourth-order valence-corrected chi connectivity index (χ4v) is 1.40. The average molecular weight is 231 g/mol. The van der Waals surface area contributed by atoms with Gasteiger partial charge in [-0.3, -0.25) is 4.79 Å². The first-order valence-electron chi connectivity index (χ1n) is 5.89. The standard InChI is InChI=1S/C12H25NO3/c1-5-8-16-9-11(15)13-10(6-7-14)12(2,3)4/h10,14H,5-9H2,1-4H3,(H,13,15). The molecule has 96 valence electrons. The Morgan fingerprint density at radius 1 is 1.44 bits per heavy atom. The Morgan fingerprint density at radius 2 is 2.06 bits per heavy atom. The fourth-order valence-electron chi connectivity index (χ4n) is 1.40. The van der Waals surface area contributed by atoms with Gasteiger partial charge in [-0.15, -0.1) is 0 Å². The van der Waals surface area contributed by atoms with E-state index in [-0.39, 0.29) is 30.6 Å². The summed E-state index contributed by atoms with van der Waals surface area (Å²) < 4.78 is 5.16. The molecule has 0 aromatic rings. The monoisotopic (exact) mass is 231 g/mol. The lowest BCUT2D eigenvalue weighted by molar-refractivity contribution is -0.127. The number of amides is 1. The van der Waals surface area contributed by atoms with Gasteiger partial charge in [-0.05, 0) is 18.3 Å². The molecule has 16 heavy (non-hydrogen) atoms. The van der Waals surface area contributed by atoms with Crippen LogP contribution in [-0.4, -0.2) is 36.9 Å². The van der Waals surface area contributed by atoms with Gasteiger partial charge >= 0.3 is 0 Å². The molecule has 1 unspecified atom stereocenters. The van der Waals surface area contributed by atoms with Gasteiger partial charge in [-0.1, -0.05) is 27.7 Å². The quantitative estimate of drug-likeness (QED) is 0.650. The highest BCUT2D eigenvalue weighted by Gasteiger charge is 2.25. The van der Waals surface area contributed by atoms with Crippen molar-refractivity contribution in [3.63, 3.8) is 0 Å². The molecule has 0 rings (SSSR count). The molecule has 4 nitrogen and oxygen atoms in total. The van der Waals surface area contributed by atoms with Crippen LogP contribution in [-0.2, 0) is 9.53 Å². The van der Waals surface area contributed by atoms with Crippen LogP contribution in [0.15, 0.2) is 0 Å². The van der Waals surface area contributed by atoms with Crippen molar-refractivity contribution in [3.05, 3.63) is 0 Å². The SMILES string of the molecule is CCCOCC(=O)NC(CCO)C(C)(C)C. The molecular weight excluding hydrogens is 206 g/mol. The highest BCUT2D eigenvalue weighted by Crippen LogP contribution is 2.21. The zero-order valence-corrected chi connectivity index (χ0v) is 10.9. The minimum Gasteiger partial charge on any atom is -0.396 e. The number of hydrogen-bond acceptors (Lipinski definition) is 3. The first kappa shape index (κ1) is 15.4. The normalized spacial score (nSPS) is 13.6. The maximum absolute atomic E-state index is 11.5. The highest BCUT2D eigenvalue weighted by molar-refractivity contribution is 5.77. The van der Waals surface area contributed by atoms with Crippen LogP contribution in [0.2, 0.25) is 0 Å². The molecule has 0 spiro atoms. The third kappa shape index (κ3) is 6.80. The first-order valence-corrected chi connectivity index (χ1v) is 5.89. The summed E-state index contributed by atoms with van der Waals surface area (Å²) >= 11 is 0. The molecular formula is C12H25NO3. The molecule has 0 aliphatic rings. The summed E-state index contributed by atoms with van der Waals surface area (Å²) in [5, 5.41) is 11.8. The van der Waals surface area contributed by atoms with Crippen molar-refractivity contribution < 1.29 is 14.6 Å². The molecule has 0 saturated heterocycles. The summed E-state index contributed by atoms with van der Waals surface area (Å²) in [5.74, 6) is -0.109. The lowest BCUT2D eigenvalue weighted by atomic mass is 9.85. The molecule has 2 N–H and O–H groups in total. The molecule has 0 radical (unpaired) electrons. The van der Waals surface area contributed by atoms with Gasteiger partial charge < -0.3 is 15.2 Å². The van der Waals surface area contributed by atoms with Crippen molar-refractivity contribution in [2.24, 2.45) is 5.41 Å². The average Bonchev–Trinajstić information content (AvgIpc) is 2.16. The second kappa shape index (κ2) is 7.63. The van der Waals surface area contributed by atoms with E-state index >= 15 is 0 Å². The number of aliphatic hydroxyl groups excluding tert-OH is 1. The molecule has 0 heterocycles. The van der Waals surface area contributed by atoms with Gasteiger partial charge in [0.05, 0.1) is 0 Å². The summed E-state index contributed by atoms with van der Waals surface area (Å²) in [6.45, 7) is 8.92. The molecule has 1 amide bonds. The van der Waals surface area contributed by atoms with E-state index in [0.717, 1.165) is 6.42 Å². The Balaban J connectivity index is 4.04. The molecule has 0 fully saturated rings. The highest BCUT2D eigenvalue weighted by atomic mass is 16.5. The second-order valence-electron chi connectivity index (χ2n) is 5.05. The topological polar surface area (TPSA) is 58.6 Å². The summed E-state index contributed by atoms with van der Waals surface area (Å²) in [6, 6.07) is -0.0183. The van der Waals surface area contributed by atoms with E-state index in [4.69, 9.17) is 9.84 Å². The van der Waals surface area contributed by atoms with E-state index in [1.54, 1.807) is 0 Å². The maximum Gasteiger partial charge on any atom is 0.246 e. The minimum atomic E-state index is -0.109. The molecule has 0 aliphatic carbocycles. The number of carbonyl (C=O) groups is 1. The van der Waals surface area contributed by atoms with Crippen molar-refractivity contribution in [2.45, 2.75) is 46.6 Å².